The van der Waals surface area contributed by atoms with Gasteiger partial charge in [-0.3, -0.25) is 0 Å². The predicted octanol–water partition coefficient (Wildman–Crippen LogP) is 1.49. The van der Waals surface area contributed by atoms with Gasteiger partial charge in [0.15, 0.2) is 0 Å². The number of nitrogens with one attached hydrogen (secondary N) is 1. The largest absolute Gasteiger partial charge is 0.496 e. The molecule has 0 saturated heterocycles. The molecule has 0 aliphatic carbocycles. The van der Waals surface area contributed by atoms with Crippen LogP contribution in [0.25, 0.3) is 0 Å². The molecule has 0 unspecified atom stereocenters. The van der Waals surface area contributed by atoms with Crippen LogP contribution in [-0.2, 0) is 6.42 Å². The third-order valence-corrected chi connectivity index (χ3v) is 2.93. The van der Waals surface area contributed by atoms with Gasteiger partial charge < -0.3 is 20.5 Å². The van der Waals surface area contributed by atoms with E-state index in [1.165, 1.54) is 5.56 Å². The second-order valence-electron chi connectivity index (χ2n) is 4.28. The molecule has 0 heterocycles. The summed E-state index contributed by atoms with van der Waals surface area (Å²) in [6, 6.07) is 4.08. The summed E-state index contributed by atoms with van der Waals surface area (Å²) in [7, 11) is 3.39. The molecule has 3 N–H and O–H groups in total. The minimum atomic E-state index is 0.731. The van der Waals surface area contributed by atoms with Crippen molar-refractivity contribution in [3.05, 3.63) is 23.3 Å². The SMILES string of the molecule is COc1cc(CCNCCCN)c(OC)cc1C. The van der Waals surface area contributed by atoms with Gasteiger partial charge in [0.1, 0.15) is 11.5 Å². The lowest BCUT2D eigenvalue weighted by Crippen LogP contribution is -2.21. The Balaban J connectivity index is 2.62. The van der Waals surface area contributed by atoms with Gasteiger partial charge in [0, 0.05) is 0 Å². The quantitative estimate of drug-likeness (QED) is 0.688. The third-order valence-electron chi connectivity index (χ3n) is 2.93. The van der Waals surface area contributed by atoms with Crippen molar-refractivity contribution in [2.75, 3.05) is 33.9 Å². The summed E-state index contributed by atoms with van der Waals surface area (Å²) in [5.74, 6) is 1.83. The highest BCUT2D eigenvalue weighted by Crippen LogP contribution is 2.28. The van der Waals surface area contributed by atoms with E-state index in [9.17, 15) is 0 Å². The second kappa shape index (κ2) is 7.95. The molecule has 0 fully saturated rings. The van der Waals surface area contributed by atoms with Crippen molar-refractivity contribution in [3.8, 4) is 11.5 Å². The van der Waals surface area contributed by atoms with Gasteiger partial charge in [-0.05, 0) is 62.7 Å². The first kappa shape index (κ1) is 14.8. The Bertz CT molecular complexity index is 367. The van der Waals surface area contributed by atoms with E-state index in [4.69, 9.17) is 15.2 Å². The lowest BCUT2D eigenvalue weighted by Gasteiger charge is -2.13. The molecule has 102 valence electrons. The number of aryl methyl sites for hydroxylation is 1. The van der Waals surface area contributed by atoms with E-state index in [0.717, 1.165) is 49.5 Å². The number of hydrogen-bond acceptors (Lipinski definition) is 4. The fourth-order valence-corrected chi connectivity index (χ4v) is 1.88. The highest BCUT2D eigenvalue weighted by Gasteiger charge is 2.08. The van der Waals surface area contributed by atoms with Crippen LogP contribution in [-0.4, -0.2) is 33.9 Å². The molecule has 0 spiro atoms. The number of hydrogen-bond donors (Lipinski definition) is 2. The maximum atomic E-state index is 5.45. The Kier molecular flexibility index (Phi) is 6.54. The van der Waals surface area contributed by atoms with Crippen LogP contribution in [0, 0.1) is 6.92 Å². The topological polar surface area (TPSA) is 56.5 Å². The van der Waals surface area contributed by atoms with E-state index in [1.54, 1.807) is 14.2 Å². The smallest absolute Gasteiger partial charge is 0.122 e. The highest BCUT2D eigenvalue weighted by atomic mass is 16.5. The van der Waals surface area contributed by atoms with Crippen LogP contribution < -0.4 is 20.5 Å². The zero-order chi connectivity index (χ0) is 13.4. The van der Waals surface area contributed by atoms with Gasteiger partial charge in [0.25, 0.3) is 0 Å². The molecule has 0 saturated carbocycles. The fraction of sp³-hybridized carbons (Fsp3) is 0.571. The van der Waals surface area contributed by atoms with Gasteiger partial charge in [-0.1, -0.05) is 0 Å². The molecule has 0 radical (unpaired) electrons. The van der Waals surface area contributed by atoms with Crippen LogP contribution in [0.3, 0.4) is 0 Å². The standard InChI is InChI=1S/C14H24N2O2/c1-11-9-14(18-3)12(10-13(11)17-2)5-8-16-7-4-6-15/h9-10,16H,4-8,15H2,1-3H3. The fourth-order valence-electron chi connectivity index (χ4n) is 1.88. The summed E-state index contributed by atoms with van der Waals surface area (Å²) in [5, 5.41) is 3.36. The van der Waals surface area contributed by atoms with Crippen molar-refractivity contribution in [2.24, 2.45) is 5.73 Å². The third kappa shape index (κ3) is 4.20. The molecule has 1 aromatic rings. The van der Waals surface area contributed by atoms with Crippen molar-refractivity contribution < 1.29 is 9.47 Å². The van der Waals surface area contributed by atoms with Crippen LogP contribution in [0.2, 0.25) is 0 Å². The summed E-state index contributed by atoms with van der Waals surface area (Å²) in [6.07, 6.45) is 1.93. The normalized spacial score (nSPS) is 10.4. The minimum absolute atomic E-state index is 0.731. The van der Waals surface area contributed by atoms with E-state index in [0.29, 0.717) is 0 Å². The maximum Gasteiger partial charge on any atom is 0.122 e. The van der Waals surface area contributed by atoms with Crippen LogP contribution >= 0.6 is 0 Å². The lowest BCUT2D eigenvalue weighted by molar-refractivity contribution is 0.396. The minimum Gasteiger partial charge on any atom is -0.496 e. The first-order chi connectivity index (χ1) is 8.72. The van der Waals surface area contributed by atoms with Crippen molar-refractivity contribution in [1.29, 1.82) is 0 Å². The van der Waals surface area contributed by atoms with E-state index in [2.05, 4.69) is 11.4 Å². The van der Waals surface area contributed by atoms with E-state index in [-0.39, 0.29) is 0 Å². The van der Waals surface area contributed by atoms with Crippen molar-refractivity contribution in [2.45, 2.75) is 19.8 Å². The molecule has 1 aromatic carbocycles. The Morgan fingerprint density at radius 3 is 2.44 bits per heavy atom. The monoisotopic (exact) mass is 252 g/mol. The van der Waals surface area contributed by atoms with Crippen molar-refractivity contribution in [1.82, 2.24) is 5.32 Å². The Hall–Kier alpha value is -1.26. The molecule has 18 heavy (non-hydrogen) atoms. The molecule has 0 aliphatic heterocycles. The molecule has 0 amide bonds. The molecule has 0 bridgehead atoms. The summed E-state index contributed by atoms with van der Waals surface area (Å²) >= 11 is 0. The average molecular weight is 252 g/mol. The van der Waals surface area contributed by atoms with Gasteiger partial charge in [0.2, 0.25) is 0 Å². The maximum absolute atomic E-state index is 5.45. The average Bonchev–Trinajstić information content (AvgIpc) is 2.39. The predicted molar refractivity (Wildman–Crippen MR) is 74.5 cm³/mol. The highest BCUT2D eigenvalue weighted by molar-refractivity contribution is 5.46. The van der Waals surface area contributed by atoms with Crippen LogP contribution in [0.4, 0.5) is 0 Å². The molecule has 0 atom stereocenters. The molecule has 1 rings (SSSR count). The van der Waals surface area contributed by atoms with Crippen molar-refractivity contribution >= 4 is 0 Å². The van der Waals surface area contributed by atoms with E-state index in [1.807, 2.05) is 13.0 Å². The Morgan fingerprint density at radius 2 is 1.83 bits per heavy atom. The molecule has 4 nitrogen and oxygen atoms in total. The van der Waals surface area contributed by atoms with Crippen LogP contribution in [0.1, 0.15) is 17.5 Å². The summed E-state index contributed by atoms with van der Waals surface area (Å²) in [6.45, 7) is 4.63. The lowest BCUT2D eigenvalue weighted by atomic mass is 10.1. The van der Waals surface area contributed by atoms with Gasteiger partial charge in [-0.25, -0.2) is 0 Å². The molecule has 4 heteroatoms. The molecule has 0 aliphatic rings. The number of nitrogens with two attached hydrogens (primary N) is 1. The molecular formula is C14H24N2O2. The first-order valence-corrected chi connectivity index (χ1v) is 6.35. The van der Waals surface area contributed by atoms with Crippen LogP contribution in [0.15, 0.2) is 12.1 Å². The Morgan fingerprint density at radius 1 is 1.11 bits per heavy atom. The zero-order valence-corrected chi connectivity index (χ0v) is 11.6. The van der Waals surface area contributed by atoms with Crippen molar-refractivity contribution in [3.63, 3.8) is 0 Å². The van der Waals surface area contributed by atoms with Gasteiger partial charge in [-0.2, -0.15) is 0 Å². The van der Waals surface area contributed by atoms with Gasteiger partial charge in [-0.15, -0.1) is 0 Å². The summed E-state index contributed by atoms with van der Waals surface area (Å²) in [4.78, 5) is 0. The molecule has 0 aromatic heterocycles. The summed E-state index contributed by atoms with van der Waals surface area (Å²) in [5.41, 5.74) is 7.70. The first-order valence-electron chi connectivity index (χ1n) is 6.35. The van der Waals surface area contributed by atoms with Crippen LogP contribution in [0.5, 0.6) is 11.5 Å². The van der Waals surface area contributed by atoms with Gasteiger partial charge >= 0.3 is 0 Å². The van der Waals surface area contributed by atoms with E-state index < -0.39 is 0 Å². The number of methoxy groups -OCH3 is 2. The number of rotatable bonds is 8. The zero-order valence-electron chi connectivity index (χ0n) is 11.6. The number of benzene rings is 1. The second-order valence-corrected chi connectivity index (χ2v) is 4.28. The van der Waals surface area contributed by atoms with E-state index >= 15 is 0 Å². The van der Waals surface area contributed by atoms with Gasteiger partial charge in [0.05, 0.1) is 14.2 Å². The Labute approximate surface area is 109 Å². The number of ether oxygens (including phenoxy) is 2. The summed E-state index contributed by atoms with van der Waals surface area (Å²) < 4.78 is 10.7. The molecular weight excluding hydrogens is 228 g/mol.